The molecule has 18 heavy (non-hydrogen) atoms. The van der Waals surface area contributed by atoms with E-state index >= 15 is 0 Å². The number of phenols is 1. The number of rotatable bonds is 5. The minimum absolute atomic E-state index is 0.320. The Hall–Kier alpha value is -1.47. The first-order valence-corrected chi connectivity index (χ1v) is 6.69. The Balaban J connectivity index is 2.01. The summed E-state index contributed by atoms with van der Waals surface area (Å²) in [5.41, 5.74) is 2.44. The highest BCUT2D eigenvalue weighted by molar-refractivity contribution is 6.18. The summed E-state index contributed by atoms with van der Waals surface area (Å²) in [7, 11) is 0. The zero-order chi connectivity index (χ0) is 12.8. The molecule has 1 N–H and O–H groups in total. The van der Waals surface area contributed by atoms with Gasteiger partial charge in [0.05, 0.1) is 0 Å². The van der Waals surface area contributed by atoms with E-state index in [1.54, 1.807) is 6.07 Å². The first kappa shape index (κ1) is 13.0. The lowest BCUT2D eigenvalue weighted by molar-refractivity contribution is 0.473. The maximum atomic E-state index is 9.46. The average molecular weight is 261 g/mol. The molecule has 2 aromatic rings. The van der Waals surface area contributed by atoms with Crippen LogP contribution in [0.4, 0.5) is 0 Å². The summed E-state index contributed by atoms with van der Waals surface area (Å²) in [6.45, 7) is 0. The summed E-state index contributed by atoms with van der Waals surface area (Å²) in [6, 6.07) is 17.8. The average Bonchev–Trinajstić information content (AvgIpc) is 2.39. The Labute approximate surface area is 113 Å². The van der Waals surface area contributed by atoms with E-state index in [0.717, 1.165) is 18.4 Å². The summed E-state index contributed by atoms with van der Waals surface area (Å²) < 4.78 is 0. The van der Waals surface area contributed by atoms with Crippen molar-refractivity contribution in [2.75, 3.05) is 5.88 Å². The Morgan fingerprint density at radius 2 is 1.56 bits per heavy atom. The van der Waals surface area contributed by atoms with E-state index < -0.39 is 0 Å². The molecule has 0 aliphatic carbocycles. The maximum Gasteiger partial charge on any atom is 0.115 e. The van der Waals surface area contributed by atoms with E-state index in [4.69, 9.17) is 11.6 Å². The summed E-state index contributed by atoms with van der Waals surface area (Å²) in [6.07, 6.45) is 1.87. The van der Waals surface area contributed by atoms with Gasteiger partial charge in [0.1, 0.15) is 5.75 Å². The molecule has 0 saturated heterocycles. The summed E-state index contributed by atoms with van der Waals surface area (Å²) in [5.74, 6) is 1.35. The van der Waals surface area contributed by atoms with Gasteiger partial charge in [-0.1, -0.05) is 42.5 Å². The van der Waals surface area contributed by atoms with Crippen LogP contribution in [0.15, 0.2) is 54.6 Å². The Morgan fingerprint density at radius 3 is 2.22 bits per heavy atom. The van der Waals surface area contributed by atoms with Crippen LogP contribution >= 0.6 is 11.6 Å². The van der Waals surface area contributed by atoms with Crippen molar-refractivity contribution in [3.8, 4) is 5.75 Å². The predicted molar refractivity (Wildman–Crippen MR) is 76.2 cm³/mol. The van der Waals surface area contributed by atoms with Crippen molar-refractivity contribution < 1.29 is 5.11 Å². The van der Waals surface area contributed by atoms with E-state index in [1.807, 2.05) is 24.3 Å². The van der Waals surface area contributed by atoms with E-state index in [2.05, 4.69) is 24.3 Å². The normalized spacial score (nSPS) is 12.3. The molecule has 1 nitrogen and oxygen atoms in total. The second-order valence-electron chi connectivity index (χ2n) is 4.58. The molecule has 0 bridgehead atoms. The molecule has 0 radical (unpaired) electrons. The molecule has 0 aliphatic heterocycles. The van der Waals surface area contributed by atoms with Gasteiger partial charge in [0, 0.05) is 5.88 Å². The lowest BCUT2D eigenvalue weighted by Gasteiger charge is -2.14. The fourth-order valence-electron chi connectivity index (χ4n) is 2.15. The van der Waals surface area contributed by atoms with Gasteiger partial charge in [-0.05, 0) is 42.0 Å². The van der Waals surface area contributed by atoms with Crippen molar-refractivity contribution in [2.45, 2.75) is 12.8 Å². The first-order chi connectivity index (χ1) is 8.78. The summed E-state index contributed by atoms with van der Waals surface area (Å²) in [4.78, 5) is 0. The van der Waals surface area contributed by atoms with Crippen LogP contribution in [0, 0.1) is 5.92 Å². The SMILES string of the molecule is Oc1cccc(CC(CCl)Cc2ccccc2)c1. The number of halogens is 1. The van der Waals surface area contributed by atoms with Crippen LogP contribution in [0.25, 0.3) is 0 Å². The van der Waals surface area contributed by atoms with Crippen LogP contribution < -0.4 is 0 Å². The molecule has 0 fully saturated rings. The number of hydrogen-bond donors (Lipinski definition) is 1. The zero-order valence-electron chi connectivity index (χ0n) is 10.2. The molecule has 0 spiro atoms. The second-order valence-corrected chi connectivity index (χ2v) is 4.89. The van der Waals surface area contributed by atoms with Gasteiger partial charge in [-0.25, -0.2) is 0 Å². The Kier molecular flexibility index (Phi) is 4.66. The highest BCUT2D eigenvalue weighted by Gasteiger charge is 2.10. The molecule has 0 aromatic heterocycles. The fourth-order valence-corrected chi connectivity index (χ4v) is 2.36. The van der Waals surface area contributed by atoms with Crippen LogP contribution in [0.5, 0.6) is 5.75 Å². The van der Waals surface area contributed by atoms with Crippen molar-refractivity contribution in [2.24, 2.45) is 5.92 Å². The largest absolute Gasteiger partial charge is 0.508 e. The highest BCUT2D eigenvalue weighted by atomic mass is 35.5. The third-order valence-electron chi connectivity index (χ3n) is 3.02. The van der Waals surface area contributed by atoms with Gasteiger partial charge in [-0.15, -0.1) is 11.6 Å². The molecule has 0 aliphatic rings. The van der Waals surface area contributed by atoms with Gasteiger partial charge in [-0.2, -0.15) is 0 Å². The van der Waals surface area contributed by atoms with Gasteiger partial charge >= 0.3 is 0 Å². The second kappa shape index (κ2) is 6.46. The zero-order valence-corrected chi connectivity index (χ0v) is 11.0. The molecular weight excluding hydrogens is 244 g/mol. The Bertz CT molecular complexity index is 481. The van der Waals surface area contributed by atoms with Crippen molar-refractivity contribution >= 4 is 11.6 Å². The van der Waals surface area contributed by atoms with E-state index in [9.17, 15) is 5.11 Å². The third kappa shape index (κ3) is 3.78. The van der Waals surface area contributed by atoms with Crippen molar-refractivity contribution in [3.05, 3.63) is 65.7 Å². The van der Waals surface area contributed by atoms with E-state index in [-0.39, 0.29) is 0 Å². The minimum Gasteiger partial charge on any atom is -0.508 e. The van der Waals surface area contributed by atoms with Gasteiger partial charge in [0.15, 0.2) is 0 Å². The fraction of sp³-hybridized carbons (Fsp3) is 0.250. The predicted octanol–water partition coefficient (Wildman–Crippen LogP) is 4.03. The quantitative estimate of drug-likeness (QED) is 0.805. The van der Waals surface area contributed by atoms with Gasteiger partial charge < -0.3 is 5.11 Å². The van der Waals surface area contributed by atoms with Crippen molar-refractivity contribution in [1.29, 1.82) is 0 Å². The van der Waals surface area contributed by atoms with Gasteiger partial charge in [0.25, 0.3) is 0 Å². The van der Waals surface area contributed by atoms with Gasteiger partial charge in [-0.3, -0.25) is 0 Å². The lowest BCUT2D eigenvalue weighted by Crippen LogP contribution is -2.10. The lowest BCUT2D eigenvalue weighted by atomic mass is 9.94. The summed E-state index contributed by atoms with van der Waals surface area (Å²) in [5, 5.41) is 9.46. The molecule has 2 aromatic carbocycles. The maximum absolute atomic E-state index is 9.46. The number of phenolic OH excluding ortho intramolecular Hbond substituents is 1. The number of hydrogen-bond acceptors (Lipinski definition) is 1. The van der Waals surface area contributed by atoms with Crippen molar-refractivity contribution in [3.63, 3.8) is 0 Å². The monoisotopic (exact) mass is 260 g/mol. The van der Waals surface area contributed by atoms with Crippen LogP contribution in [0.2, 0.25) is 0 Å². The Morgan fingerprint density at radius 1 is 0.889 bits per heavy atom. The van der Waals surface area contributed by atoms with Gasteiger partial charge in [0.2, 0.25) is 0 Å². The molecule has 0 saturated carbocycles. The molecule has 0 heterocycles. The number of alkyl halides is 1. The third-order valence-corrected chi connectivity index (χ3v) is 3.46. The summed E-state index contributed by atoms with van der Waals surface area (Å²) >= 11 is 6.04. The molecule has 94 valence electrons. The number of aromatic hydroxyl groups is 1. The van der Waals surface area contributed by atoms with E-state index in [0.29, 0.717) is 17.5 Å². The smallest absolute Gasteiger partial charge is 0.115 e. The number of benzene rings is 2. The topological polar surface area (TPSA) is 20.2 Å². The van der Waals surface area contributed by atoms with Crippen molar-refractivity contribution in [1.82, 2.24) is 0 Å². The molecular formula is C16H17ClO. The van der Waals surface area contributed by atoms with Crippen LogP contribution in [-0.4, -0.2) is 11.0 Å². The molecule has 2 rings (SSSR count). The molecule has 1 atom stereocenters. The standard InChI is InChI=1S/C16H17ClO/c17-12-15(9-13-5-2-1-3-6-13)10-14-7-4-8-16(18)11-14/h1-8,11,15,18H,9-10,12H2. The molecule has 0 amide bonds. The first-order valence-electron chi connectivity index (χ1n) is 6.15. The van der Waals surface area contributed by atoms with E-state index in [1.165, 1.54) is 5.56 Å². The van der Waals surface area contributed by atoms with Crippen LogP contribution in [0.1, 0.15) is 11.1 Å². The van der Waals surface area contributed by atoms with Crippen LogP contribution in [-0.2, 0) is 12.8 Å². The molecule has 2 heteroatoms. The van der Waals surface area contributed by atoms with Crippen LogP contribution in [0.3, 0.4) is 0 Å². The minimum atomic E-state index is 0.320. The highest BCUT2D eigenvalue weighted by Crippen LogP contribution is 2.19. The molecule has 1 unspecified atom stereocenters.